The van der Waals surface area contributed by atoms with E-state index in [0.29, 0.717) is 17.9 Å². The van der Waals surface area contributed by atoms with E-state index in [9.17, 15) is 9.59 Å². The number of rotatable bonds is 5. The van der Waals surface area contributed by atoms with E-state index in [-0.39, 0.29) is 11.3 Å². The SMILES string of the molecule is COC(=O)c1ccc(C(C)(C)C)cc1OC(C(=O)OC(C)(C)C)C1CCCNC1. The molecule has 162 valence electrons. The number of benzene rings is 1. The van der Waals surface area contributed by atoms with Crippen molar-refractivity contribution >= 4 is 11.9 Å². The molecule has 6 nitrogen and oxygen atoms in total. The molecular formula is C23H35NO5. The molecule has 1 N–H and O–H groups in total. The van der Waals surface area contributed by atoms with E-state index in [0.717, 1.165) is 24.9 Å². The first kappa shape index (κ1) is 23.2. The minimum atomic E-state index is -0.805. The summed E-state index contributed by atoms with van der Waals surface area (Å²) in [6, 6.07) is 5.43. The van der Waals surface area contributed by atoms with Gasteiger partial charge in [-0.25, -0.2) is 9.59 Å². The molecule has 0 aromatic heterocycles. The van der Waals surface area contributed by atoms with Crippen LogP contribution in [-0.2, 0) is 19.7 Å². The number of esters is 2. The van der Waals surface area contributed by atoms with Crippen molar-refractivity contribution in [3.05, 3.63) is 29.3 Å². The van der Waals surface area contributed by atoms with Gasteiger partial charge in [0.05, 0.1) is 7.11 Å². The molecule has 2 unspecified atom stereocenters. The number of carbonyl (C=O) groups excluding carboxylic acids is 2. The minimum Gasteiger partial charge on any atom is -0.477 e. The summed E-state index contributed by atoms with van der Waals surface area (Å²) in [6.45, 7) is 13.3. The molecule has 1 aromatic rings. The van der Waals surface area contributed by atoms with Crippen molar-refractivity contribution in [1.82, 2.24) is 5.32 Å². The minimum absolute atomic E-state index is 0.0395. The fourth-order valence-corrected chi connectivity index (χ4v) is 3.34. The van der Waals surface area contributed by atoms with Gasteiger partial charge in [-0.3, -0.25) is 0 Å². The van der Waals surface area contributed by atoms with Gasteiger partial charge in [0.2, 0.25) is 0 Å². The van der Waals surface area contributed by atoms with Crippen LogP contribution in [0.25, 0.3) is 0 Å². The average Bonchev–Trinajstić information content (AvgIpc) is 2.63. The number of ether oxygens (including phenoxy) is 3. The van der Waals surface area contributed by atoms with Crippen LogP contribution in [0.3, 0.4) is 0 Å². The predicted octanol–water partition coefficient (Wildman–Crippen LogP) is 3.86. The summed E-state index contributed by atoms with van der Waals surface area (Å²) in [4.78, 5) is 25.3. The molecule has 1 aliphatic heterocycles. The van der Waals surface area contributed by atoms with E-state index < -0.39 is 23.6 Å². The first-order valence-electron chi connectivity index (χ1n) is 10.3. The lowest BCUT2D eigenvalue weighted by atomic mass is 9.86. The number of hydrogen-bond acceptors (Lipinski definition) is 6. The highest BCUT2D eigenvalue weighted by Gasteiger charge is 2.36. The summed E-state index contributed by atoms with van der Waals surface area (Å²) in [7, 11) is 1.33. The molecular weight excluding hydrogens is 370 g/mol. The van der Waals surface area contributed by atoms with Gasteiger partial charge in [0.1, 0.15) is 16.9 Å². The first-order chi connectivity index (χ1) is 13.4. The molecule has 2 rings (SSSR count). The second-order valence-electron chi connectivity index (χ2n) is 9.63. The van der Waals surface area contributed by atoms with Crippen LogP contribution in [0, 0.1) is 5.92 Å². The highest BCUT2D eigenvalue weighted by molar-refractivity contribution is 5.92. The van der Waals surface area contributed by atoms with Crippen molar-refractivity contribution in [2.75, 3.05) is 20.2 Å². The van der Waals surface area contributed by atoms with Crippen LogP contribution >= 0.6 is 0 Å². The van der Waals surface area contributed by atoms with Crippen molar-refractivity contribution in [2.45, 2.75) is 71.5 Å². The smallest absolute Gasteiger partial charge is 0.348 e. The number of nitrogens with one attached hydrogen (secondary N) is 1. The maximum Gasteiger partial charge on any atom is 0.348 e. The Morgan fingerprint density at radius 3 is 2.34 bits per heavy atom. The Kier molecular flexibility index (Phi) is 7.33. The molecule has 0 bridgehead atoms. The maximum atomic E-state index is 13.0. The molecule has 0 amide bonds. The molecule has 1 aliphatic rings. The van der Waals surface area contributed by atoms with Crippen LogP contribution in [0.1, 0.15) is 70.3 Å². The van der Waals surface area contributed by atoms with Crippen LogP contribution in [0.4, 0.5) is 0 Å². The second-order valence-corrected chi connectivity index (χ2v) is 9.63. The molecule has 1 heterocycles. The Bertz CT molecular complexity index is 724. The Hall–Kier alpha value is -2.08. The van der Waals surface area contributed by atoms with E-state index in [4.69, 9.17) is 14.2 Å². The van der Waals surface area contributed by atoms with Gasteiger partial charge in [0.15, 0.2) is 6.10 Å². The number of carbonyl (C=O) groups is 2. The Labute approximate surface area is 174 Å². The van der Waals surface area contributed by atoms with E-state index in [1.54, 1.807) is 6.07 Å². The summed E-state index contributed by atoms with van der Waals surface area (Å²) in [5.41, 5.74) is 0.544. The Balaban J connectivity index is 2.44. The van der Waals surface area contributed by atoms with Gasteiger partial charge in [0, 0.05) is 12.5 Å². The molecule has 1 saturated heterocycles. The quantitative estimate of drug-likeness (QED) is 0.750. The van der Waals surface area contributed by atoms with E-state index in [1.165, 1.54) is 7.11 Å². The summed E-state index contributed by atoms with van der Waals surface area (Å²) >= 11 is 0. The standard InChI is InChI=1S/C23H35NO5/c1-22(2,3)16-10-11-17(20(25)27-7)18(13-16)28-19(15-9-8-12-24-14-15)21(26)29-23(4,5)6/h10-11,13,15,19,24H,8-9,12,14H2,1-7H3. The van der Waals surface area contributed by atoms with Crippen LogP contribution in [0.5, 0.6) is 5.75 Å². The van der Waals surface area contributed by atoms with Gasteiger partial charge in [-0.2, -0.15) is 0 Å². The normalized spacial score (nSPS) is 18.7. The molecule has 6 heteroatoms. The lowest BCUT2D eigenvalue weighted by Gasteiger charge is -2.32. The van der Waals surface area contributed by atoms with Crippen LogP contribution in [0.2, 0.25) is 0 Å². The van der Waals surface area contributed by atoms with Crippen molar-refractivity contribution in [2.24, 2.45) is 5.92 Å². The number of piperidine rings is 1. The highest BCUT2D eigenvalue weighted by Crippen LogP contribution is 2.32. The molecule has 0 spiro atoms. The van der Waals surface area contributed by atoms with Crippen molar-refractivity contribution < 1.29 is 23.8 Å². The summed E-state index contributed by atoms with van der Waals surface area (Å²) in [5, 5.41) is 3.32. The average molecular weight is 406 g/mol. The van der Waals surface area contributed by atoms with Gasteiger partial charge in [-0.1, -0.05) is 26.8 Å². The van der Waals surface area contributed by atoms with Crippen molar-refractivity contribution in [3.63, 3.8) is 0 Å². The molecule has 29 heavy (non-hydrogen) atoms. The maximum absolute atomic E-state index is 13.0. The van der Waals surface area contributed by atoms with Crippen molar-refractivity contribution in [1.29, 1.82) is 0 Å². The molecule has 2 atom stereocenters. The fraction of sp³-hybridized carbons (Fsp3) is 0.652. The second kappa shape index (κ2) is 9.16. The highest BCUT2D eigenvalue weighted by atomic mass is 16.6. The lowest BCUT2D eigenvalue weighted by Crippen LogP contribution is -2.46. The van der Waals surface area contributed by atoms with Gasteiger partial charge < -0.3 is 19.5 Å². The summed E-state index contributed by atoms with van der Waals surface area (Å²) in [6.07, 6.45) is 1.00. The van der Waals surface area contributed by atoms with Crippen LogP contribution < -0.4 is 10.1 Å². The first-order valence-corrected chi connectivity index (χ1v) is 10.3. The van der Waals surface area contributed by atoms with Gasteiger partial charge in [-0.15, -0.1) is 0 Å². The molecule has 1 aromatic carbocycles. The monoisotopic (exact) mass is 405 g/mol. The summed E-state index contributed by atoms with van der Waals surface area (Å²) < 4.78 is 16.8. The zero-order valence-corrected chi connectivity index (χ0v) is 18.8. The Morgan fingerprint density at radius 2 is 1.83 bits per heavy atom. The van der Waals surface area contributed by atoms with E-state index in [2.05, 4.69) is 26.1 Å². The van der Waals surface area contributed by atoms with Gasteiger partial charge in [-0.05, 0) is 63.3 Å². The number of hydrogen-bond donors (Lipinski definition) is 1. The van der Waals surface area contributed by atoms with E-state index in [1.807, 2.05) is 32.9 Å². The number of methoxy groups -OCH3 is 1. The third-order valence-corrected chi connectivity index (χ3v) is 4.91. The Morgan fingerprint density at radius 1 is 1.14 bits per heavy atom. The summed E-state index contributed by atoms with van der Waals surface area (Å²) in [5.74, 6) is -0.596. The van der Waals surface area contributed by atoms with Gasteiger partial charge >= 0.3 is 11.9 Å². The zero-order valence-electron chi connectivity index (χ0n) is 18.8. The zero-order chi connectivity index (χ0) is 21.8. The molecule has 0 aliphatic carbocycles. The van der Waals surface area contributed by atoms with Crippen LogP contribution in [0.15, 0.2) is 18.2 Å². The lowest BCUT2D eigenvalue weighted by molar-refractivity contribution is -0.166. The third-order valence-electron chi connectivity index (χ3n) is 4.91. The molecule has 0 saturated carbocycles. The van der Waals surface area contributed by atoms with Crippen LogP contribution in [-0.4, -0.2) is 43.8 Å². The van der Waals surface area contributed by atoms with E-state index >= 15 is 0 Å². The molecule has 0 radical (unpaired) electrons. The fourth-order valence-electron chi connectivity index (χ4n) is 3.34. The topological polar surface area (TPSA) is 73.9 Å². The predicted molar refractivity (Wildman–Crippen MR) is 112 cm³/mol. The van der Waals surface area contributed by atoms with Gasteiger partial charge in [0.25, 0.3) is 0 Å². The third kappa shape index (κ3) is 6.46. The van der Waals surface area contributed by atoms with Crippen molar-refractivity contribution in [3.8, 4) is 5.75 Å². The molecule has 1 fully saturated rings. The largest absolute Gasteiger partial charge is 0.477 e.